The smallest absolute Gasteiger partial charge is 0.361 e. The first-order chi connectivity index (χ1) is 13.2. The van der Waals surface area contributed by atoms with E-state index in [1.807, 2.05) is 26.8 Å². The first-order valence-corrected chi connectivity index (χ1v) is 8.97. The molecule has 0 aliphatic carbocycles. The number of aromatic nitrogens is 2. The Morgan fingerprint density at radius 2 is 1.71 bits per heavy atom. The van der Waals surface area contributed by atoms with Crippen LogP contribution in [0.25, 0.3) is 0 Å². The fraction of sp³-hybridized carbons (Fsp3) is 0.227. The number of amides is 1. The number of benzene rings is 2. The number of hydrogen-bond acceptors (Lipinski definition) is 4. The summed E-state index contributed by atoms with van der Waals surface area (Å²) in [5, 5.41) is 7.19. The van der Waals surface area contributed by atoms with Crippen molar-refractivity contribution in [3.63, 3.8) is 0 Å². The summed E-state index contributed by atoms with van der Waals surface area (Å²) < 4.78 is 7.00. The maximum atomic E-state index is 12.6. The van der Waals surface area contributed by atoms with Crippen LogP contribution >= 0.6 is 0 Å². The molecule has 1 amide bonds. The van der Waals surface area contributed by atoms with Crippen LogP contribution in [0.15, 0.2) is 60.7 Å². The van der Waals surface area contributed by atoms with E-state index in [1.165, 1.54) is 4.68 Å². The molecule has 3 aromatic rings. The normalized spacial score (nSPS) is 11.1. The van der Waals surface area contributed by atoms with E-state index in [0.29, 0.717) is 22.7 Å². The van der Waals surface area contributed by atoms with Crippen molar-refractivity contribution in [2.24, 2.45) is 7.05 Å². The molecular weight excluding hydrogens is 354 g/mol. The van der Waals surface area contributed by atoms with Gasteiger partial charge >= 0.3 is 5.97 Å². The third-order valence-electron chi connectivity index (χ3n) is 4.20. The van der Waals surface area contributed by atoms with E-state index in [2.05, 4.69) is 10.4 Å². The number of rotatable bonds is 4. The molecule has 1 aromatic heterocycles. The van der Waals surface area contributed by atoms with Gasteiger partial charge in [0.05, 0.1) is 5.69 Å². The van der Waals surface area contributed by atoms with E-state index >= 15 is 0 Å². The SMILES string of the molecule is Cn1nc(C(C)(C)C)cc1C(=O)Oc1cccc(NC(=O)c2ccccc2)c1. The van der Waals surface area contributed by atoms with E-state index in [-0.39, 0.29) is 11.3 Å². The molecule has 6 heteroatoms. The van der Waals surface area contributed by atoms with Gasteiger partial charge in [0.1, 0.15) is 11.4 Å². The van der Waals surface area contributed by atoms with Crippen molar-refractivity contribution in [3.8, 4) is 5.75 Å². The Morgan fingerprint density at radius 3 is 2.36 bits per heavy atom. The lowest BCUT2D eigenvalue weighted by Gasteiger charge is -2.13. The van der Waals surface area contributed by atoms with Gasteiger partial charge in [-0.25, -0.2) is 4.79 Å². The van der Waals surface area contributed by atoms with Crippen molar-refractivity contribution in [2.75, 3.05) is 5.32 Å². The summed E-state index contributed by atoms with van der Waals surface area (Å²) in [6.07, 6.45) is 0. The van der Waals surface area contributed by atoms with Crippen LogP contribution in [0.2, 0.25) is 0 Å². The molecule has 0 fully saturated rings. The average molecular weight is 377 g/mol. The lowest BCUT2D eigenvalue weighted by Crippen LogP contribution is -2.14. The largest absolute Gasteiger partial charge is 0.422 e. The first kappa shape index (κ1) is 19.4. The number of esters is 1. The van der Waals surface area contributed by atoms with E-state index in [9.17, 15) is 9.59 Å². The molecule has 2 aromatic carbocycles. The summed E-state index contributed by atoms with van der Waals surface area (Å²) in [6.45, 7) is 6.09. The van der Waals surface area contributed by atoms with Gasteiger partial charge in [0.25, 0.3) is 5.91 Å². The number of hydrogen-bond donors (Lipinski definition) is 1. The minimum Gasteiger partial charge on any atom is -0.422 e. The van der Waals surface area contributed by atoms with Crippen molar-refractivity contribution in [1.82, 2.24) is 9.78 Å². The first-order valence-electron chi connectivity index (χ1n) is 8.97. The highest BCUT2D eigenvalue weighted by Gasteiger charge is 2.22. The number of anilines is 1. The Morgan fingerprint density at radius 1 is 1.00 bits per heavy atom. The van der Waals surface area contributed by atoms with E-state index in [1.54, 1.807) is 61.6 Å². The Bertz CT molecular complexity index is 1000. The monoisotopic (exact) mass is 377 g/mol. The van der Waals surface area contributed by atoms with Gasteiger partial charge in [0.15, 0.2) is 0 Å². The molecule has 0 bridgehead atoms. The van der Waals surface area contributed by atoms with Crippen LogP contribution in [0.4, 0.5) is 5.69 Å². The Balaban J connectivity index is 1.73. The number of ether oxygens (including phenoxy) is 1. The zero-order chi connectivity index (χ0) is 20.3. The molecule has 6 nitrogen and oxygen atoms in total. The maximum absolute atomic E-state index is 12.6. The molecule has 0 aliphatic rings. The second-order valence-electron chi connectivity index (χ2n) is 7.53. The maximum Gasteiger partial charge on any atom is 0.361 e. The molecule has 0 atom stereocenters. The Labute approximate surface area is 164 Å². The van der Waals surface area contributed by atoms with Gasteiger partial charge in [-0.2, -0.15) is 5.10 Å². The number of nitrogens with one attached hydrogen (secondary N) is 1. The highest BCUT2D eigenvalue weighted by atomic mass is 16.5. The fourth-order valence-corrected chi connectivity index (χ4v) is 2.61. The number of carbonyl (C=O) groups excluding carboxylic acids is 2. The lowest BCUT2D eigenvalue weighted by atomic mass is 9.92. The quantitative estimate of drug-likeness (QED) is 0.547. The van der Waals surface area contributed by atoms with Crippen LogP contribution in [0.5, 0.6) is 5.75 Å². The van der Waals surface area contributed by atoms with Gasteiger partial charge in [0.2, 0.25) is 0 Å². The molecule has 3 rings (SSSR count). The summed E-state index contributed by atoms with van der Waals surface area (Å²) in [5.41, 5.74) is 2.10. The Kier molecular flexibility index (Phi) is 5.31. The van der Waals surface area contributed by atoms with Crippen molar-refractivity contribution < 1.29 is 14.3 Å². The summed E-state index contributed by atoms with van der Waals surface area (Å²) in [5.74, 6) is -0.392. The molecule has 0 aliphatic heterocycles. The van der Waals surface area contributed by atoms with Gasteiger partial charge in [-0.3, -0.25) is 9.48 Å². The van der Waals surface area contributed by atoms with Gasteiger partial charge < -0.3 is 10.1 Å². The van der Waals surface area contributed by atoms with Gasteiger partial charge in [-0.05, 0) is 30.3 Å². The fourth-order valence-electron chi connectivity index (χ4n) is 2.61. The van der Waals surface area contributed by atoms with Crippen LogP contribution in [0, 0.1) is 0 Å². The van der Waals surface area contributed by atoms with Crippen LogP contribution < -0.4 is 10.1 Å². The molecule has 144 valence electrons. The number of carbonyl (C=O) groups is 2. The second-order valence-corrected chi connectivity index (χ2v) is 7.53. The number of nitrogens with zero attached hydrogens (tertiary/aromatic N) is 2. The predicted molar refractivity (Wildman–Crippen MR) is 108 cm³/mol. The second kappa shape index (κ2) is 7.68. The van der Waals surface area contributed by atoms with Crippen molar-refractivity contribution >= 4 is 17.6 Å². The predicted octanol–water partition coefficient (Wildman–Crippen LogP) is 4.19. The van der Waals surface area contributed by atoms with Crippen molar-refractivity contribution in [1.29, 1.82) is 0 Å². The summed E-state index contributed by atoms with van der Waals surface area (Å²) in [6, 6.07) is 17.4. The van der Waals surface area contributed by atoms with Crippen LogP contribution in [-0.4, -0.2) is 21.7 Å². The minimum atomic E-state index is -0.503. The van der Waals surface area contributed by atoms with E-state index in [0.717, 1.165) is 5.69 Å². The average Bonchev–Trinajstić information content (AvgIpc) is 3.05. The highest BCUT2D eigenvalue weighted by Crippen LogP contribution is 2.23. The molecule has 28 heavy (non-hydrogen) atoms. The molecular formula is C22H23N3O3. The molecule has 0 saturated carbocycles. The van der Waals surface area contributed by atoms with Crippen LogP contribution in [0.1, 0.15) is 47.3 Å². The zero-order valence-electron chi connectivity index (χ0n) is 16.4. The molecule has 1 heterocycles. The summed E-state index contributed by atoms with van der Waals surface area (Å²) in [4.78, 5) is 24.8. The zero-order valence-corrected chi connectivity index (χ0v) is 16.4. The standard InChI is InChI=1S/C22H23N3O3/c1-22(2,3)19-14-18(25(4)24-19)21(27)28-17-12-8-11-16(13-17)23-20(26)15-9-6-5-7-10-15/h5-14H,1-4H3,(H,23,26). The third-order valence-corrected chi connectivity index (χ3v) is 4.20. The van der Waals surface area contributed by atoms with Gasteiger partial charge in [-0.15, -0.1) is 0 Å². The summed E-state index contributed by atoms with van der Waals surface area (Å²) in [7, 11) is 1.71. The van der Waals surface area contributed by atoms with E-state index < -0.39 is 5.97 Å². The van der Waals surface area contributed by atoms with Crippen molar-refractivity contribution in [2.45, 2.75) is 26.2 Å². The lowest BCUT2D eigenvalue weighted by molar-refractivity contribution is 0.0723. The molecule has 0 saturated heterocycles. The van der Waals surface area contributed by atoms with E-state index in [4.69, 9.17) is 4.74 Å². The Hall–Kier alpha value is -3.41. The van der Waals surface area contributed by atoms with Gasteiger partial charge in [-0.1, -0.05) is 45.0 Å². The molecule has 0 unspecified atom stereocenters. The minimum absolute atomic E-state index is 0.169. The highest BCUT2D eigenvalue weighted by molar-refractivity contribution is 6.04. The number of aryl methyl sites for hydroxylation is 1. The molecule has 1 N–H and O–H groups in total. The van der Waals surface area contributed by atoms with Crippen LogP contribution in [0.3, 0.4) is 0 Å². The van der Waals surface area contributed by atoms with Crippen LogP contribution in [-0.2, 0) is 12.5 Å². The summed E-state index contributed by atoms with van der Waals surface area (Å²) >= 11 is 0. The van der Waals surface area contributed by atoms with Crippen molar-refractivity contribution in [3.05, 3.63) is 77.6 Å². The third kappa shape index (κ3) is 4.46. The molecule has 0 radical (unpaired) electrons. The van der Waals surface area contributed by atoms with Gasteiger partial charge in [0, 0.05) is 29.8 Å². The molecule has 0 spiro atoms. The topological polar surface area (TPSA) is 73.2 Å².